The average molecular weight is 220 g/mol. The molecule has 0 radical (unpaired) electrons. The maximum Gasteiger partial charge on any atom is 0.385 e. The van der Waals surface area contributed by atoms with Gasteiger partial charge in [-0.05, 0) is 5.92 Å². The van der Waals surface area contributed by atoms with E-state index >= 15 is 0 Å². The number of ether oxygens (including phenoxy) is 1. The summed E-state index contributed by atoms with van der Waals surface area (Å²) in [4.78, 5) is 32.0. The Morgan fingerprint density at radius 2 is 1.73 bits per heavy atom. The Balaban J connectivity index is 4.44. The largest absolute Gasteiger partial charge is 0.389 e. The van der Waals surface area contributed by atoms with Crippen LogP contribution >= 0.6 is 0 Å². The third-order valence-corrected chi connectivity index (χ3v) is 1.67. The van der Waals surface area contributed by atoms with Gasteiger partial charge in [0.15, 0.2) is 6.17 Å². The molecule has 0 spiro atoms. The van der Waals surface area contributed by atoms with Crippen LogP contribution < -0.4 is 0 Å². The normalized spacial score (nSPS) is 14.5. The molecule has 0 aliphatic heterocycles. The first-order chi connectivity index (χ1) is 6.77. The van der Waals surface area contributed by atoms with Crippen LogP contribution in [0.2, 0.25) is 0 Å². The molecule has 86 valence electrons. The summed E-state index contributed by atoms with van der Waals surface area (Å²) in [5, 5.41) is 9.16. The summed E-state index contributed by atoms with van der Waals surface area (Å²) in [6.45, 7) is 3.89. The molecule has 0 fully saturated rings. The van der Waals surface area contributed by atoms with Crippen LogP contribution in [0.5, 0.6) is 0 Å². The zero-order chi connectivity index (χ0) is 12.2. The number of aliphatic hydroxyl groups excluding tert-OH is 1. The van der Waals surface area contributed by atoms with Gasteiger partial charge in [-0.25, -0.2) is 9.18 Å². The molecule has 0 aliphatic rings. The maximum absolute atomic E-state index is 13.1. The fraction of sp³-hybridized carbons (Fsp3) is 0.667. The lowest BCUT2D eigenvalue weighted by molar-refractivity contribution is -0.165. The standard InChI is InChI=1S/C9H13FO5/c1-4(2)7(12)6(10)8(13)9(14)15-5(3)11/h4,6-7,12H,1-3H3. The lowest BCUT2D eigenvalue weighted by atomic mass is 10.0. The van der Waals surface area contributed by atoms with Crippen LogP contribution in [0.1, 0.15) is 20.8 Å². The van der Waals surface area contributed by atoms with E-state index in [2.05, 4.69) is 4.74 Å². The van der Waals surface area contributed by atoms with Gasteiger partial charge in [0, 0.05) is 6.92 Å². The van der Waals surface area contributed by atoms with Crippen LogP contribution in [-0.2, 0) is 19.1 Å². The van der Waals surface area contributed by atoms with Gasteiger partial charge < -0.3 is 9.84 Å². The van der Waals surface area contributed by atoms with Gasteiger partial charge in [-0.15, -0.1) is 0 Å². The number of aliphatic hydroxyl groups is 1. The number of esters is 2. The quantitative estimate of drug-likeness (QED) is 0.409. The first-order valence-electron chi connectivity index (χ1n) is 4.36. The van der Waals surface area contributed by atoms with Crippen molar-refractivity contribution in [2.75, 3.05) is 0 Å². The second-order valence-electron chi connectivity index (χ2n) is 3.38. The molecule has 0 aliphatic carbocycles. The minimum Gasteiger partial charge on any atom is -0.389 e. The predicted molar refractivity (Wildman–Crippen MR) is 47.5 cm³/mol. The molecular weight excluding hydrogens is 207 g/mol. The van der Waals surface area contributed by atoms with Gasteiger partial charge in [-0.2, -0.15) is 0 Å². The molecule has 0 aromatic carbocycles. The molecule has 2 unspecified atom stereocenters. The van der Waals surface area contributed by atoms with Gasteiger partial charge in [-0.3, -0.25) is 9.59 Å². The Morgan fingerprint density at radius 1 is 1.27 bits per heavy atom. The Labute approximate surface area is 86.2 Å². The molecule has 15 heavy (non-hydrogen) atoms. The first kappa shape index (κ1) is 13.7. The Hall–Kier alpha value is -1.30. The van der Waals surface area contributed by atoms with Crippen molar-refractivity contribution in [1.29, 1.82) is 0 Å². The van der Waals surface area contributed by atoms with Gasteiger partial charge in [-0.1, -0.05) is 13.8 Å². The van der Waals surface area contributed by atoms with E-state index in [0.29, 0.717) is 0 Å². The fourth-order valence-electron chi connectivity index (χ4n) is 0.786. The monoisotopic (exact) mass is 220 g/mol. The molecule has 0 rings (SSSR count). The number of carbonyl (C=O) groups is 3. The Kier molecular flexibility index (Phi) is 5.07. The van der Waals surface area contributed by atoms with E-state index in [1.165, 1.54) is 13.8 Å². The summed E-state index contributed by atoms with van der Waals surface area (Å²) in [6.07, 6.45) is -3.95. The third kappa shape index (κ3) is 4.16. The van der Waals surface area contributed by atoms with E-state index in [0.717, 1.165) is 6.92 Å². The van der Waals surface area contributed by atoms with Gasteiger partial charge in [0.2, 0.25) is 0 Å². The Bertz CT molecular complexity index is 274. The summed E-state index contributed by atoms with van der Waals surface area (Å²) >= 11 is 0. The minimum absolute atomic E-state index is 0.519. The van der Waals surface area contributed by atoms with Crippen LogP contribution in [0.25, 0.3) is 0 Å². The van der Waals surface area contributed by atoms with E-state index in [9.17, 15) is 18.8 Å². The van der Waals surface area contributed by atoms with E-state index in [1.54, 1.807) is 0 Å². The topological polar surface area (TPSA) is 80.7 Å². The summed E-state index contributed by atoms with van der Waals surface area (Å²) in [5.41, 5.74) is 0. The van der Waals surface area contributed by atoms with Crippen molar-refractivity contribution in [3.8, 4) is 0 Å². The number of ketones is 1. The highest BCUT2D eigenvalue weighted by atomic mass is 19.1. The fourth-order valence-corrected chi connectivity index (χ4v) is 0.786. The van der Waals surface area contributed by atoms with Gasteiger partial charge in [0.1, 0.15) is 0 Å². The molecule has 6 heteroatoms. The highest BCUT2D eigenvalue weighted by Gasteiger charge is 2.34. The molecule has 1 N–H and O–H groups in total. The highest BCUT2D eigenvalue weighted by molar-refractivity contribution is 6.37. The number of halogens is 1. The van der Waals surface area contributed by atoms with Crippen LogP contribution in [-0.4, -0.2) is 35.1 Å². The molecular formula is C9H13FO5. The number of rotatable bonds is 4. The number of Topliss-reactive ketones (excluding diaryl/α,β-unsaturated/α-hetero) is 1. The SMILES string of the molecule is CC(=O)OC(=O)C(=O)C(F)C(O)C(C)C. The smallest absolute Gasteiger partial charge is 0.385 e. The van der Waals surface area contributed by atoms with E-state index in [1.807, 2.05) is 0 Å². The van der Waals surface area contributed by atoms with Gasteiger partial charge in [0.05, 0.1) is 6.10 Å². The second-order valence-corrected chi connectivity index (χ2v) is 3.38. The summed E-state index contributed by atoms with van der Waals surface area (Å²) in [5.74, 6) is -4.66. The minimum atomic E-state index is -2.36. The van der Waals surface area contributed by atoms with Crippen LogP contribution in [0.4, 0.5) is 4.39 Å². The van der Waals surface area contributed by atoms with Crippen LogP contribution in [0.3, 0.4) is 0 Å². The molecule has 0 amide bonds. The molecule has 0 saturated heterocycles. The molecule has 0 aromatic rings. The summed E-state index contributed by atoms with van der Waals surface area (Å²) < 4.78 is 17.0. The van der Waals surface area contributed by atoms with Crippen molar-refractivity contribution in [3.63, 3.8) is 0 Å². The molecule has 2 atom stereocenters. The molecule has 0 aromatic heterocycles. The zero-order valence-electron chi connectivity index (χ0n) is 8.69. The van der Waals surface area contributed by atoms with Crippen LogP contribution in [0, 0.1) is 5.92 Å². The van der Waals surface area contributed by atoms with Crippen LogP contribution in [0.15, 0.2) is 0 Å². The number of carbonyl (C=O) groups excluding carboxylic acids is 3. The second kappa shape index (κ2) is 5.55. The van der Waals surface area contributed by atoms with E-state index in [4.69, 9.17) is 5.11 Å². The first-order valence-corrected chi connectivity index (χ1v) is 4.36. The van der Waals surface area contributed by atoms with E-state index in [-0.39, 0.29) is 0 Å². The molecule has 0 bridgehead atoms. The van der Waals surface area contributed by atoms with Crippen molar-refractivity contribution in [2.24, 2.45) is 5.92 Å². The highest BCUT2D eigenvalue weighted by Crippen LogP contribution is 2.11. The van der Waals surface area contributed by atoms with Crippen molar-refractivity contribution in [1.82, 2.24) is 0 Å². The van der Waals surface area contributed by atoms with Crippen molar-refractivity contribution in [2.45, 2.75) is 33.0 Å². The zero-order valence-corrected chi connectivity index (χ0v) is 8.69. The average Bonchev–Trinajstić information content (AvgIpc) is 2.13. The number of alkyl halides is 1. The number of hydrogen-bond acceptors (Lipinski definition) is 5. The van der Waals surface area contributed by atoms with Gasteiger partial charge in [0.25, 0.3) is 5.78 Å². The predicted octanol–water partition coefficient (Wildman–Crippen LogP) is 0.000200. The van der Waals surface area contributed by atoms with Gasteiger partial charge >= 0.3 is 11.9 Å². The molecule has 5 nitrogen and oxygen atoms in total. The van der Waals surface area contributed by atoms with Crippen molar-refractivity contribution < 1.29 is 28.6 Å². The van der Waals surface area contributed by atoms with Crippen molar-refractivity contribution >= 4 is 17.7 Å². The summed E-state index contributed by atoms with van der Waals surface area (Å²) in [6, 6.07) is 0. The maximum atomic E-state index is 13.1. The molecule has 0 heterocycles. The lowest BCUT2D eigenvalue weighted by Gasteiger charge is -2.16. The lowest BCUT2D eigenvalue weighted by Crippen LogP contribution is -2.39. The molecule has 0 saturated carbocycles. The van der Waals surface area contributed by atoms with E-state index < -0.39 is 35.9 Å². The third-order valence-electron chi connectivity index (χ3n) is 1.67. The summed E-state index contributed by atoms with van der Waals surface area (Å²) in [7, 11) is 0. The van der Waals surface area contributed by atoms with Crippen molar-refractivity contribution in [3.05, 3.63) is 0 Å². The number of hydrogen-bond donors (Lipinski definition) is 1. The Morgan fingerprint density at radius 3 is 2.07 bits per heavy atom.